The Bertz CT molecular complexity index is 995. The molecule has 10 unspecified atom stereocenters. The molecule has 236 valence electrons. The Kier molecular flexibility index (Phi) is 9.42. The first-order valence-electron chi connectivity index (χ1n) is 18.6. The number of anilines is 1. The molecule has 2 nitrogen and oxygen atoms in total. The van der Waals surface area contributed by atoms with Crippen molar-refractivity contribution < 1.29 is 4.74 Å². The molecule has 5 aliphatic rings. The van der Waals surface area contributed by atoms with Crippen molar-refractivity contribution in [3.63, 3.8) is 0 Å². The van der Waals surface area contributed by atoms with Crippen LogP contribution in [0.15, 0.2) is 30.3 Å². The molecule has 0 radical (unpaired) electrons. The van der Waals surface area contributed by atoms with Gasteiger partial charge in [0.1, 0.15) is 0 Å². The van der Waals surface area contributed by atoms with Crippen LogP contribution in [-0.2, 0) is 4.74 Å². The monoisotopic (exact) mass is 576 g/mol. The van der Waals surface area contributed by atoms with Gasteiger partial charge in [-0.1, -0.05) is 83.9 Å². The van der Waals surface area contributed by atoms with Gasteiger partial charge in [-0.25, -0.2) is 0 Å². The van der Waals surface area contributed by atoms with E-state index >= 15 is 0 Å². The van der Waals surface area contributed by atoms with Gasteiger partial charge in [0.15, 0.2) is 0 Å². The van der Waals surface area contributed by atoms with Crippen molar-refractivity contribution in [1.82, 2.24) is 0 Å². The van der Waals surface area contributed by atoms with Crippen LogP contribution in [0.2, 0.25) is 0 Å². The summed E-state index contributed by atoms with van der Waals surface area (Å²) in [5, 5.41) is 0. The van der Waals surface area contributed by atoms with Crippen molar-refractivity contribution in [2.75, 3.05) is 11.5 Å². The van der Waals surface area contributed by atoms with Crippen molar-refractivity contribution >= 4 is 5.69 Å². The van der Waals surface area contributed by atoms with Gasteiger partial charge >= 0.3 is 0 Å². The van der Waals surface area contributed by atoms with Crippen LogP contribution in [0, 0.1) is 52.8 Å². The molecule has 0 bridgehead atoms. The second-order valence-electron chi connectivity index (χ2n) is 17.5. The lowest BCUT2D eigenvalue weighted by Gasteiger charge is -2.48. The van der Waals surface area contributed by atoms with Crippen molar-refractivity contribution in [2.45, 2.75) is 156 Å². The molecule has 1 heterocycles. The lowest BCUT2D eigenvalue weighted by Crippen LogP contribution is -2.45. The summed E-state index contributed by atoms with van der Waals surface area (Å²) >= 11 is 0. The maximum Gasteiger partial charge on any atom is 0.0598 e. The highest BCUT2D eigenvalue weighted by Gasteiger charge is 2.65. The summed E-state index contributed by atoms with van der Waals surface area (Å²) in [6, 6.07) is 13.3. The minimum absolute atomic E-state index is 0.0110. The third-order valence-electron chi connectivity index (χ3n) is 13.4. The maximum atomic E-state index is 5.94. The smallest absolute Gasteiger partial charge is 0.0598 e. The summed E-state index contributed by atoms with van der Waals surface area (Å²) in [4.78, 5) is 3.06. The van der Waals surface area contributed by atoms with Gasteiger partial charge < -0.3 is 9.64 Å². The Labute approximate surface area is 260 Å². The molecular weight excluding hydrogens is 510 g/mol. The van der Waals surface area contributed by atoms with Gasteiger partial charge in [-0.3, -0.25) is 0 Å². The summed E-state index contributed by atoms with van der Waals surface area (Å²) in [6.45, 7) is 15.6. The number of rotatable bonds is 10. The van der Waals surface area contributed by atoms with E-state index in [9.17, 15) is 0 Å². The summed E-state index contributed by atoms with van der Waals surface area (Å²) in [7, 11) is 0. The predicted octanol–water partition coefficient (Wildman–Crippen LogP) is 10.9. The molecule has 6 rings (SSSR count). The van der Waals surface area contributed by atoms with Crippen molar-refractivity contribution in [3.05, 3.63) is 30.3 Å². The first kappa shape index (κ1) is 31.0. The van der Waals surface area contributed by atoms with E-state index in [1.54, 1.807) is 5.69 Å². The third-order valence-corrected chi connectivity index (χ3v) is 13.4. The van der Waals surface area contributed by atoms with Gasteiger partial charge in [-0.2, -0.15) is 0 Å². The highest BCUT2D eigenvalue weighted by molar-refractivity contribution is 5.52. The lowest BCUT2D eigenvalue weighted by molar-refractivity contribution is -0.00478. The standard InChI is InChI=1S/C40H65NO/c1-28-21-24-35-34(26-28)36-37(32-19-13-14-20-33(32)38(36)41(35)31-17-11-9-12-18-31)40(5,6)30-23-22-29(27-30)16-10-7-8-15-25-42-39(2,3)4/h9,11-12,17-18,28-30,32-38H,7-8,10,13-16,19-27H2,1-6H3. The van der Waals surface area contributed by atoms with Gasteiger partial charge in [0.05, 0.1) is 5.60 Å². The van der Waals surface area contributed by atoms with E-state index in [1.807, 2.05) is 0 Å². The fourth-order valence-corrected chi connectivity index (χ4v) is 11.7. The van der Waals surface area contributed by atoms with E-state index in [4.69, 9.17) is 4.74 Å². The minimum atomic E-state index is 0.0110. The predicted molar refractivity (Wildman–Crippen MR) is 179 cm³/mol. The van der Waals surface area contributed by atoms with E-state index in [0.717, 1.165) is 66.0 Å². The van der Waals surface area contributed by atoms with Gasteiger partial charge in [-0.15, -0.1) is 0 Å². The average Bonchev–Trinajstić information content (AvgIpc) is 3.65. The average molecular weight is 576 g/mol. The van der Waals surface area contributed by atoms with Crippen LogP contribution in [0.4, 0.5) is 5.69 Å². The number of unbranched alkanes of at least 4 members (excludes halogenated alkanes) is 3. The van der Waals surface area contributed by atoms with E-state index < -0.39 is 0 Å². The van der Waals surface area contributed by atoms with E-state index in [1.165, 1.54) is 96.3 Å². The van der Waals surface area contributed by atoms with Crippen LogP contribution in [0.3, 0.4) is 0 Å². The second kappa shape index (κ2) is 12.8. The van der Waals surface area contributed by atoms with Crippen molar-refractivity contribution in [1.29, 1.82) is 0 Å². The number of nitrogens with zero attached hydrogens (tertiary/aromatic N) is 1. The molecular formula is C40H65NO. The first-order valence-corrected chi connectivity index (χ1v) is 18.6. The molecule has 1 saturated heterocycles. The van der Waals surface area contributed by atoms with Crippen LogP contribution in [-0.4, -0.2) is 24.3 Å². The van der Waals surface area contributed by atoms with Crippen LogP contribution >= 0.6 is 0 Å². The molecule has 42 heavy (non-hydrogen) atoms. The van der Waals surface area contributed by atoms with E-state index in [2.05, 4.69) is 76.8 Å². The fourth-order valence-electron chi connectivity index (χ4n) is 11.7. The summed E-state index contributed by atoms with van der Waals surface area (Å²) in [5.41, 5.74) is 2.02. The van der Waals surface area contributed by atoms with Crippen molar-refractivity contribution in [3.8, 4) is 0 Å². The van der Waals surface area contributed by atoms with E-state index in [-0.39, 0.29) is 5.60 Å². The number of para-hydroxylation sites is 1. The highest BCUT2D eigenvalue weighted by Crippen LogP contribution is 2.67. The topological polar surface area (TPSA) is 12.5 Å². The normalized spacial score (nSPS) is 38.4. The second-order valence-corrected chi connectivity index (χ2v) is 17.5. The summed E-state index contributed by atoms with van der Waals surface area (Å²) in [5.74, 6) is 7.45. The van der Waals surface area contributed by atoms with Gasteiger partial charge in [0.2, 0.25) is 0 Å². The highest BCUT2D eigenvalue weighted by atomic mass is 16.5. The van der Waals surface area contributed by atoms with Crippen LogP contribution < -0.4 is 4.90 Å². The Morgan fingerprint density at radius 2 is 1.50 bits per heavy atom. The number of benzene rings is 1. The molecule has 10 atom stereocenters. The first-order chi connectivity index (χ1) is 20.1. The molecule has 2 heteroatoms. The molecule has 1 aromatic carbocycles. The zero-order valence-electron chi connectivity index (χ0n) is 28.3. The Hall–Kier alpha value is -1.02. The fraction of sp³-hybridized carbons (Fsp3) is 0.850. The molecule has 1 aliphatic heterocycles. The van der Waals surface area contributed by atoms with Crippen LogP contribution in [0.5, 0.6) is 0 Å². The Morgan fingerprint density at radius 1 is 0.762 bits per heavy atom. The molecule has 0 spiro atoms. The van der Waals surface area contributed by atoms with Crippen LogP contribution in [0.1, 0.15) is 138 Å². The summed E-state index contributed by atoms with van der Waals surface area (Å²) in [6.07, 6.45) is 21.7. The lowest BCUT2D eigenvalue weighted by atomic mass is 9.57. The number of ether oxygens (including phenoxy) is 1. The molecule has 4 aliphatic carbocycles. The van der Waals surface area contributed by atoms with Crippen LogP contribution in [0.25, 0.3) is 0 Å². The minimum Gasteiger partial charge on any atom is -0.376 e. The Morgan fingerprint density at radius 3 is 2.26 bits per heavy atom. The molecule has 0 aromatic heterocycles. The number of fused-ring (bicyclic) bond motifs is 5. The van der Waals surface area contributed by atoms with Gasteiger partial charge in [0, 0.05) is 24.4 Å². The summed E-state index contributed by atoms with van der Waals surface area (Å²) < 4.78 is 5.94. The van der Waals surface area contributed by atoms with E-state index in [0.29, 0.717) is 5.41 Å². The number of hydrogen-bond acceptors (Lipinski definition) is 2. The van der Waals surface area contributed by atoms with Gasteiger partial charge in [0.25, 0.3) is 0 Å². The quantitative estimate of drug-likeness (QED) is 0.257. The maximum absolute atomic E-state index is 5.94. The molecule has 0 amide bonds. The third kappa shape index (κ3) is 6.23. The molecule has 0 N–H and O–H groups in total. The molecule has 1 aromatic rings. The van der Waals surface area contributed by atoms with Crippen molar-refractivity contribution in [2.24, 2.45) is 52.8 Å². The SMILES string of the molecule is CC1CCC2C(C1)C1C(C3CCCCC3C1C(C)(C)C1CCC(CCCCCCOC(C)(C)C)C1)N2c1ccccc1. The zero-order chi connectivity index (χ0) is 29.5. The number of hydrogen-bond donors (Lipinski definition) is 0. The molecule has 4 saturated carbocycles. The molecule has 5 fully saturated rings. The largest absolute Gasteiger partial charge is 0.376 e. The zero-order valence-corrected chi connectivity index (χ0v) is 28.3. The van der Waals surface area contributed by atoms with Gasteiger partial charge in [-0.05, 0) is 137 Å². The Balaban J connectivity index is 1.15.